The molecule has 164 valence electrons. The molecule has 1 fully saturated rings. The van der Waals surface area contributed by atoms with Gasteiger partial charge in [-0.15, -0.1) is 0 Å². The van der Waals surface area contributed by atoms with Crippen molar-refractivity contribution in [1.29, 1.82) is 0 Å². The molecule has 1 heterocycles. The Balaban J connectivity index is 1.65. The summed E-state index contributed by atoms with van der Waals surface area (Å²) >= 11 is 0. The molecule has 0 bridgehead atoms. The predicted octanol–water partition coefficient (Wildman–Crippen LogP) is 3.58. The lowest BCUT2D eigenvalue weighted by molar-refractivity contribution is -0.130. The summed E-state index contributed by atoms with van der Waals surface area (Å²) in [6.45, 7) is 1.85. The Morgan fingerprint density at radius 2 is 1.44 bits per heavy atom. The normalized spacial score (nSPS) is 16.4. The fourth-order valence-electron chi connectivity index (χ4n) is 3.91. The lowest BCUT2D eigenvalue weighted by atomic mass is 9.98. The van der Waals surface area contributed by atoms with Crippen LogP contribution >= 0.6 is 0 Å². The molecule has 0 spiro atoms. The number of carbonyl (C=O) groups excluding carboxylic acids is 2. The van der Waals surface area contributed by atoms with Crippen molar-refractivity contribution in [2.45, 2.75) is 36.7 Å². The van der Waals surface area contributed by atoms with E-state index in [1.807, 2.05) is 67.6 Å². The summed E-state index contributed by atoms with van der Waals surface area (Å²) < 4.78 is 27.2. The van der Waals surface area contributed by atoms with E-state index in [9.17, 15) is 18.0 Å². The van der Waals surface area contributed by atoms with Crippen molar-refractivity contribution in [2.75, 3.05) is 0 Å². The third-order valence-electron chi connectivity index (χ3n) is 5.59. The number of benzene rings is 3. The lowest BCUT2D eigenvalue weighted by Crippen LogP contribution is -2.48. The van der Waals surface area contributed by atoms with Crippen molar-refractivity contribution in [3.8, 4) is 0 Å². The first-order valence-corrected chi connectivity index (χ1v) is 11.9. The average molecular weight is 449 g/mol. The van der Waals surface area contributed by atoms with Gasteiger partial charge in [-0.3, -0.25) is 9.59 Å². The van der Waals surface area contributed by atoms with Gasteiger partial charge in [-0.25, -0.2) is 12.7 Å². The molecular formula is C25H24N2O4S. The van der Waals surface area contributed by atoms with Crippen LogP contribution in [0.25, 0.3) is 0 Å². The molecule has 1 N–H and O–H groups in total. The minimum atomic E-state index is -4.14. The summed E-state index contributed by atoms with van der Waals surface area (Å²) in [5.74, 6) is -1.06. The molecular weight excluding hydrogens is 424 g/mol. The van der Waals surface area contributed by atoms with Crippen LogP contribution in [0.4, 0.5) is 0 Å². The van der Waals surface area contributed by atoms with E-state index in [0.29, 0.717) is 0 Å². The first-order valence-electron chi connectivity index (χ1n) is 10.4. The summed E-state index contributed by atoms with van der Waals surface area (Å²) in [4.78, 5) is 25.9. The van der Waals surface area contributed by atoms with E-state index in [2.05, 4.69) is 5.32 Å². The van der Waals surface area contributed by atoms with Crippen LogP contribution in [0.15, 0.2) is 89.8 Å². The largest absolute Gasteiger partial charge is 0.343 e. The summed E-state index contributed by atoms with van der Waals surface area (Å²) in [6, 6.07) is 23.6. The van der Waals surface area contributed by atoms with Crippen LogP contribution in [0.3, 0.4) is 0 Å². The lowest BCUT2D eigenvalue weighted by Gasteiger charge is -2.27. The van der Waals surface area contributed by atoms with E-state index in [1.165, 1.54) is 12.1 Å². The van der Waals surface area contributed by atoms with Crippen LogP contribution in [-0.4, -0.2) is 30.6 Å². The molecule has 7 heteroatoms. The van der Waals surface area contributed by atoms with E-state index in [0.717, 1.165) is 21.0 Å². The quantitative estimate of drug-likeness (QED) is 0.625. The minimum absolute atomic E-state index is 0.00109. The first-order chi connectivity index (χ1) is 15.4. The summed E-state index contributed by atoms with van der Waals surface area (Å²) in [7, 11) is -4.14. The molecule has 2 amide bonds. The maximum Gasteiger partial charge on any atom is 0.267 e. The number of amides is 2. The van der Waals surface area contributed by atoms with Crippen molar-refractivity contribution in [2.24, 2.45) is 0 Å². The third-order valence-corrected chi connectivity index (χ3v) is 7.44. The zero-order valence-corrected chi connectivity index (χ0v) is 18.5. The highest BCUT2D eigenvalue weighted by molar-refractivity contribution is 7.89. The Hall–Kier alpha value is -3.45. The molecule has 1 aliphatic heterocycles. The molecule has 1 atom stereocenters. The molecule has 0 unspecified atom stereocenters. The Morgan fingerprint density at radius 3 is 1.97 bits per heavy atom. The second kappa shape index (κ2) is 8.96. The zero-order chi connectivity index (χ0) is 22.7. The highest BCUT2D eigenvalue weighted by atomic mass is 32.2. The minimum Gasteiger partial charge on any atom is -0.343 e. The van der Waals surface area contributed by atoms with Crippen molar-refractivity contribution in [3.05, 3.63) is 102 Å². The number of nitrogens with zero attached hydrogens (tertiary/aromatic N) is 1. The molecule has 0 radical (unpaired) electrons. The van der Waals surface area contributed by atoms with E-state index in [1.54, 1.807) is 12.1 Å². The molecule has 0 aromatic heterocycles. The molecule has 1 aliphatic rings. The Bertz CT molecular complexity index is 1170. The Labute approximate surface area is 187 Å². The van der Waals surface area contributed by atoms with Crippen LogP contribution < -0.4 is 5.32 Å². The van der Waals surface area contributed by atoms with Gasteiger partial charge in [0.2, 0.25) is 11.8 Å². The number of hydrogen-bond acceptors (Lipinski definition) is 4. The monoisotopic (exact) mass is 448 g/mol. The van der Waals surface area contributed by atoms with Gasteiger partial charge >= 0.3 is 0 Å². The van der Waals surface area contributed by atoms with Gasteiger partial charge in [0.25, 0.3) is 10.0 Å². The number of rotatable bonds is 6. The maximum absolute atomic E-state index is 13.3. The molecule has 32 heavy (non-hydrogen) atoms. The van der Waals surface area contributed by atoms with Gasteiger partial charge in [-0.05, 0) is 36.6 Å². The predicted molar refractivity (Wildman–Crippen MR) is 121 cm³/mol. The summed E-state index contributed by atoms with van der Waals surface area (Å²) in [5.41, 5.74) is 2.63. The molecule has 0 aliphatic carbocycles. The molecule has 3 aromatic carbocycles. The number of nitrogens with one attached hydrogen (secondary N) is 1. The Morgan fingerprint density at radius 1 is 0.906 bits per heavy atom. The SMILES string of the molecule is Cc1ccc(S(=O)(=O)N2C(=O)CC[C@H]2C(=O)NC(c2ccccc2)c2ccccc2)cc1. The highest BCUT2D eigenvalue weighted by Gasteiger charge is 2.44. The van der Waals surface area contributed by atoms with Crippen LogP contribution in [0, 0.1) is 6.92 Å². The zero-order valence-electron chi connectivity index (χ0n) is 17.6. The maximum atomic E-state index is 13.3. The van der Waals surface area contributed by atoms with Gasteiger partial charge in [-0.2, -0.15) is 0 Å². The van der Waals surface area contributed by atoms with Gasteiger partial charge in [-0.1, -0.05) is 78.4 Å². The number of sulfonamides is 1. The third kappa shape index (κ3) is 4.29. The van der Waals surface area contributed by atoms with Gasteiger partial charge < -0.3 is 5.32 Å². The van der Waals surface area contributed by atoms with Crippen LogP contribution in [0.1, 0.15) is 35.6 Å². The van der Waals surface area contributed by atoms with Crippen molar-refractivity contribution < 1.29 is 18.0 Å². The molecule has 0 saturated carbocycles. The Kier molecular flexibility index (Phi) is 6.10. The first kappa shape index (κ1) is 21.8. The number of aryl methyl sites for hydroxylation is 1. The summed E-state index contributed by atoms with van der Waals surface area (Å²) in [5, 5.41) is 2.98. The van der Waals surface area contributed by atoms with Crippen molar-refractivity contribution in [3.63, 3.8) is 0 Å². The van der Waals surface area contributed by atoms with Gasteiger partial charge in [0.1, 0.15) is 6.04 Å². The van der Waals surface area contributed by atoms with Crippen LogP contribution in [0.2, 0.25) is 0 Å². The van der Waals surface area contributed by atoms with E-state index >= 15 is 0 Å². The van der Waals surface area contributed by atoms with E-state index < -0.39 is 33.9 Å². The second-order valence-corrected chi connectivity index (χ2v) is 9.64. The average Bonchev–Trinajstić information content (AvgIpc) is 3.21. The number of hydrogen-bond donors (Lipinski definition) is 1. The van der Waals surface area contributed by atoms with Crippen molar-refractivity contribution >= 4 is 21.8 Å². The molecule has 6 nitrogen and oxygen atoms in total. The smallest absolute Gasteiger partial charge is 0.267 e. The standard InChI is InChI=1S/C25H24N2O4S/c1-18-12-14-21(15-13-18)32(30,31)27-22(16-17-23(27)28)25(29)26-24(19-8-4-2-5-9-19)20-10-6-3-7-11-20/h2-15,22,24H,16-17H2,1H3,(H,26,29)/t22-/m0/s1. The van der Waals surface area contributed by atoms with E-state index in [4.69, 9.17) is 0 Å². The van der Waals surface area contributed by atoms with Gasteiger partial charge in [0.05, 0.1) is 10.9 Å². The highest BCUT2D eigenvalue weighted by Crippen LogP contribution is 2.29. The fraction of sp³-hybridized carbons (Fsp3) is 0.200. The van der Waals surface area contributed by atoms with Gasteiger partial charge in [0, 0.05) is 6.42 Å². The second-order valence-electron chi connectivity index (χ2n) is 7.83. The molecule has 4 rings (SSSR count). The molecule has 3 aromatic rings. The summed E-state index contributed by atoms with van der Waals surface area (Å²) in [6.07, 6.45) is 0.149. The van der Waals surface area contributed by atoms with Gasteiger partial charge in [0.15, 0.2) is 0 Å². The fourth-order valence-corrected chi connectivity index (χ4v) is 5.52. The van der Waals surface area contributed by atoms with Crippen LogP contribution in [0.5, 0.6) is 0 Å². The van der Waals surface area contributed by atoms with Crippen molar-refractivity contribution in [1.82, 2.24) is 9.62 Å². The van der Waals surface area contributed by atoms with Crippen LogP contribution in [-0.2, 0) is 19.6 Å². The number of carbonyl (C=O) groups is 2. The van der Waals surface area contributed by atoms with E-state index in [-0.39, 0.29) is 17.7 Å². The topological polar surface area (TPSA) is 83.6 Å². The molecule has 1 saturated heterocycles.